The number of rotatable bonds is 6. The largest absolute Gasteiger partial charge is 0.352 e. The van der Waals surface area contributed by atoms with Crippen molar-refractivity contribution in [1.29, 1.82) is 0 Å². The second-order valence-corrected chi connectivity index (χ2v) is 6.90. The van der Waals surface area contributed by atoms with Gasteiger partial charge >= 0.3 is 0 Å². The van der Waals surface area contributed by atoms with Gasteiger partial charge < -0.3 is 15.2 Å². The highest BCUT2D eigenvalue weighted by Gasteiger charge is 2.12. The minimum absolute atomic E-state index is 0.0668. The lowest BCUT2D eigenvalue weighted by molar-refractivity contribution is -0.122. The van der Waals surface area contributed by atoms with Crippen LogP contribution in [0.1, 0.15) is 47.1 Å². The summed E-state index contributed by atoms with van der Waals surface area (Å²) in [6.07, 6.45) is 3.98. The zero-order valence-corrected chi connectivity index (χ0v) is 13.7. The highest BCUT2D eigenvalue weighted by molar-refractivity contribution is 5.76. The number of carbonyl (C=O) groups is 1. The maximum Gasteiger partial charge on any atom is 0.240 e. The van der Waals surface area contributed by atoms with Gasteiger partial charge in [0.1, 0.15) is 6.54 Å². The van der Waals surface area contributed by atoms with Crippen LogP contribution < -0.4 is 10.6 Å². The number of carbonyl (C=O) groups excluding carboxylic acids is 1. The summed E-state index contributed by atoms with van der Waals surface area (Å²) in [5.74, 6) is 0.521. The smallest absolute Gasteiger partial charge is 0.240 e. The van der Waals surface area contributed by atoms with Crippen LogP contribution in [0.15, 0.2) is 18.5 Å². The number of nitrogens with one attached hydrogen (secondary N) is 2. The van der Waals surface area contributed by atoms with E-state index < -0.39 is 0 Å². The van der Waals surface area contributed by atoms with E-state index in [2.05, 4.69) is 51.3 Å². The zero-order valence-electron chi connectivity index (χ0n) is 13.7. The van der Waals surface area contributed by atoms with Gasteiger partial charge in [-0.25, -0.2) is 0 Å². The van der Waals surface area contributed by atoms with Gasteiger partial charge in [-0.2, -0.15) is 0 Å². The van der Waals surface area contributed by atoms with Crippen LogP contribution in [-0.2, 0) is 17.9 Å². The van der Waals surface area contributed by atoms with E-state index in [0.29, 0.717) is 12.5 Å². The molecule has 0 saturated heterocycles. The molecule has 0 radical (unpaired) electrons. The van der Waals surface area contributed by atoms with Crippen molar-refractivity contribution in [2.24, 2.45) is 5.92 Å². The third-order valence-electron chi connectivity index (χ3n) is 3.35. The monoisotopic (exact) mass is 279 g/mol. The van der Waals surface area contributed by atoms with Gasteiger partial charge in [-0.15, -0.1) is 0 Å². The van der Waals surface area contributed by atoms with Gasteiger partial charge in [0.05, 0.1) is 0 Å². The van der Waals surface area contributed by atoms with E-state index >= 15 is 0 Å². The number of hydrogen-bond acceptors (Lipinski definition) is 2. The van der Waals surface area contributed by atoms with Crippen LogP contribution in [0.4, 0.5) is 0 Å². The standard InChI is InChI=1S/C16H29N3O/c1-12(2)13(3)18-15(20)11-19-8-7-14(10-19)9-17-16(4,5)6/h7-8,10,12-13,17H,9,11H2,1-6H3,(H,18,20). The first-order valence-corrected chi connectivity index (χ1v) is 7.36. The highest BCUT2D eigenvalue weighted by Crippen LogP contribution is 2.06. The molecule has 0 spiro atoms. The van der Waals surface area contributed by atoms with Gasteiger partial charge in [-0.3, -0.25) is 4.79 Å². The van der Waals surface area contributed by atoms with Crippen molar-refractivity contribution in [2.45, 2.75) is 66.2 Å². The van der Waals surface area contributed by atoms with Crippen LogP contribution >= 0.6 is 0 Å². The van der Waals surface area contributed by atoms with Crippen molar-refractivity contribution >= 4 is 5.91 Å². The molecule has 0 aliphatic carbocycles. The third-order valence-corrected chi connectivity index (χ3v) is 3.35. The Morgan fingerprint density at radius 1 is 1.30 bits per heavy atom. The number of nitrogens with zero attached hydrogens (tertiary/aromatic N) is 1. The van der Waals surface area contributed by atoms with Crippen molar-refractivity contribution in [3.63, 3.8) is 0 Å². The molecule has 0 aliphatic heterocycles. The van der Waals surface area contributed by atoms with E-state index in [1.54, 1.807) is 0 Å². The third kappa shape index (κ3) is 6.24. The van der Waals surface area contributed by atoms with Gasteiger partial charge in [-0.05, 0) is 45.2 Å². The van der Waals surface area contributed by atoms with E-state index in [1.165, 1.54) is 5.56 Å². The maximum absolute atomic E-state index is 11.9. The van der Waals surface area contributed by atoms with Crippen molar-refractivity contribution in [3.05, 3.63) is 24.0 Å². The molecule has 0 fully saturated rings. The molecule has 1 rings (SSSR count). The Kier molecular flexibility index (Phi) is 5.81. The van der Waals surface area contributed by atoms with Crippen LogP contribution in [0.25, 0.3) is 0 Å². The van der Waals surface area contributed by atoms with Gasteiger partial charge in [-0.1, -0.05) is 13.8 Å². The van der Waals surface area contributed by atoms with E-state index in [-0.39, 0.29) is 17.5 Å². The molecule has 4 heteroatoms. The fourth-order valence-corrected chi connectivity index (χ4v) is 1.69. The molecule has 1 aromatic rings. The summed E-state index contributed by atoms with van der Waals surface area (Å²) in [4.78, 5) is 11.9. The fraction of sp³-hybridized carbons (Fsp3) is 0.688. The minimum Gasteiger partial charge on any atom is -0.352 e. The first-order valence-electron chi connectivity index (χ1n) is 7.36. The van der Waals surface area contributed by atoms with Crippen LogP contribution in [0, 0.1) is 5.92 Å². The molecule has 0 aliphatic rings. The van der Waals surface area contributed by atoms with Crippen molar-refractivity contribution in [2.75, 3.05) is 0 Å². The minimum atomic E-state index is 0.0668. The quantitative estimate of drug-likeness (QED) is 0.840. The van der Waals surface area contributed by atoms with Crippen LogP contribution in [0.2, 0.25) is 0 Å². The summed E-state index contributed by atoms with van der Waals surface area (Å²) < 4.78 is 1.93. The Labute approximate surface area is 122 Å². The van der Waals surface area contributed by atoms with Crippen LogP contribution in [-0.4, -0.2) is 22.1 Å². The van der Waals surface area contributed by atoms with Crippen molar-refractivity contribution in [1.82, 2.24) is 15.2 Å². The van der Waals surface area contributed by atoms with Crippen molar-refractivity contribution in [3.8, 4) is 0 Å². The summed E-state index contributed by atoms with van der Waals surface area (Å²) in [6, 6.07) is 2.26. The van der Waals surface area contributed by atoms with Crippen LogP contribution in [0.3, 0.4) is 0 Å². The Balaban J connectivity index is 2.46. The normalized spacial score (nSPS) is 13.6. The molecule has 2 N–H and O–H groups in total. The number of amides is 1. The molecule has 4 nitrogen and oxygen atoms in total. The second-order valence-electron chi connectivity index (χ2n) is 6.90. The first kappa shape index (κ1) is 16.8. The molecule has 0 saturated carbocycles. The van der Waals surface area contributed by atoms with Crippen molar-refractivity contribution < 1.29 is 4.79 Å². The average molecular weight is 279 g/mol. The SMILES string of the molecule is CC(C)C(C)NC(=O)Cn1ccc(CNC(C)(C)C)c1. The average Bonchev–Trinajstić information content (AvgIpc) is 2.72. The predicted molar refractivity (Wildman–Crippen MR) is 83.5 cm³/mol. The molecule has 1 aromatic heterocycles. The lowest BCUT2D eigenvalue weighted by Crippen LogP contribution is -2.38. The Hall–Kier alpha value is -1.29. The highest BCUT2D eigenvalue weighted by atomic mass is 16.2. The second kappa shape index (κ2) is 6.93. The summed E-state index contributed by atoms with van der Waals surface area (Å²) in [7, 11) is 0. The Morgan fingerprint density at radius 2 is 1.95 bits per heavy atom. The molecule has 0 aromatic carbocycles. The van der Waals surface area contributed by atoms with Gasteiger partial charge in [0.2, 0.25) is 5.91 Å². The molecule has 0 bridgehead atoms. The lowest BCUT2D eigenvalue weighted by atomic mass is 10.1. The molecule has 20 heavy (non-hydrogen) atoms. The van der Waals surface area contributed by atoms with Gasteiger partial charge in [0, 0.05) is 30.5 Å². The number of aromatic nitrogens is 1. The molecule has 1 atom stereocenters. The van der Waals surface area contributed by atoms with E-state index in [0.717, 1.165) is 6.54 Å². The molecular formula is C16H29N3O. The lowest BCUT2D eigenvalue weighted by Gasteiger charge is -2.20. The zero-order chi connectivity index (χ0) is 15.3. The van der Waals surface area contributed by atoms with Crippen LogP contribution in [0.5, 0.6) is 0 Å². The number of hydrogen-bond donors (Lipinski definition) is 2. The van der Waals surface area contributed by atoms with E-state index in [1.807, 2.05) is 23.9 Å². The van der Waals surface area contributed by atoms with E-state index in [4.69, 9.17) is 0 Å². The Morgan fingerprint density at radius 3 is 2.50 bits per heavy atom. The predicted octanol–water partition coefficient (Wildman–Crippen LogP) is 2.54. The van der Waals surface area contributed by atoms with Gasteiger partial charge in [0.15, 0.2) is 0 Å². The summed E-state index contributed by atoms with van der Waals surface area (Å²) >= 11 is 0. The van der Waals surface area contributed by atoms with E-state index in [9.17, 15) is 4.79 Å². The summed E-state index contributed by atoms with van der Waals surface area (Å²) in [5, 5.41) is 6.46. The molecular weight excluding hydrogens is 250 g/mol. The molecule has 1 unspecified atom stereocenters. The summed E-state index contributed by atoms with van der Waals surface area (Å²) in [5.41, 5.74) is 1.30. The molecule has 1 amide bonds. The topological polar surface area (TPSA) is 46.1 Å². The Bertz CT molecular complexity index is 429. The maximum atomic E-state index is 11.9. The first-order chi connectivity index (χ1) is 9.17. The molecule has 1 heterocycles. The molecule has 114 valence electrons. The van der Waals surface area contributed by atoms with Gasteiger partial charge in [0.25, 0.3) is 0 Å². The summed E-state index contributed by atoms with van der Waals surface area (Å²) in [6.45, 7) is 13.9. The fourth-order valence-electron chi connectivity index (χ4n) is 1.69.